The quantitative estimate of drug-likeness (QED) is 0.460. The summed E-state index contributed by atoms with van der Waals surface area (Å²) in [5, 5.41) is 0. The first-order valence-corrected chi connectivity index (χ1v) is 4.60. The molecular formula is C7H12IN. The number of rotatable bonds is 0. The van der Waals surface area contributed by atoms with Gasteiger partial charge in [-0.25, -0.2) is 3.11 Å². The van der Waals surface area contributed by atoms with Crippen LogP contribution in [0.1, 0.15) is 19.8 Å². The molecule has 2 fully saturated rings. The highest BCUT2D eigenvalue weighted by atomic mass is 127. The molecule has 2 rings (SSSR count). The van der Waals surface area contributed by atoms with E-state index in [2.05, 4.69) is 32.9 Å². The Kier molecular flexibility index (Phi) is 1.31. The minimum absolute atomic E-state index is 0.793. The zero-order valence-corrected chi connectivity index (χ0v) is 7.89. The lowest BCUT2D eigenvalue weighted by Gasteiger charge is -2.58. The van der Waals surface area contributed by atoms with Gasteiger partial charge in [0.05, 0.1) is 0 Å². The second-order valence-corrected chi connectivity index (χ2v) is 4.95. The summed E-state index contributed by atoms with van der Waals surface area (Å²) < 4.78 is 2.40. The Bertz CT molecular complexity index is 129. The van der Waals surface area contributed by atoms with Crippen molar-refractivity contribution in [1.29, 1.82) is 0 Å². The number of nitrogens with zero attached hydrogens (tertiary/aromatic N) is 1. The minimum Gasteiger partial charge on any atom is -0.246 e. The lowest BCUT2D eigenvalue weighted by Crippen LogP contribution is -2.59. The van der Waals surface area contributed by atoms with E-state index in [0.717, 1.165) is 11.3 Å². The largest absolute Gasteiger partial charge is 0.246 e. The normalized spacial score (nSPS) is 40.0. The molecule has 2 aliphatic rings. The number of halogens is 1. The van der Waals surface area contributed by atoms with E-state index in [1.54, 1.807) is 0 Å². The maximum atomic E-state index is 2.42. The third kappa shape index (κ3) is 0.755. The van der Waals surface area contributed by atoms with E-state index in [4.69, 9.17) is 0 Å². The molecule has 9 heavy (non-hydrogen) atoms. The lowest BCUT2D eigenvalue weighted by atomic mass is 9.57. The first-order valence-electron chi connectivity index (χ1n) is 3.64. The predicted molar refractivity (Wildman–Crippen MR) is 46.4 cm³/mol. The van der Waals surface area contributed by atoms with Gasteiger partial charge in [-0.3, -0.25) is 0 Å². The molecular weight excluding hydrogens is 225 g/mol. The van der Waals surface area contributed by atoms with Crippen LogP contribution in [-0.4, -0.2) is 16.2 Å². The lowest BCUT2D eigenvalue weighted by molar-refractivity contribution is -0.0518. The summed E-state index contributed by atoms with van der Waals surface area (Å²) in [6.07, 6.45) is 2.97. The molecule has 1 saturated heterocycles. The van der Waals surface area contributed by atoms with Gasteiger partial charge in [0.2, 0.25) is 0 Å². The van der Waals surface area contributed by atoms with Crippen molar-refractivity contribution in [3.05, 3.63) is 0 Å². The highest BCUT2D eigenvalue weighted by Crippen LogP contribution is 2.53. The second-order valence-electron chi connectivity index (χ2n) is 3.58. The Balaban J connectivity index is 1.97. The molecule has 1 nitrogen and oxygen atoms in total. The fourth-order valence-electron chi connectivity index (χ4n) is 1.95. The zero-order valence-electron chi connectivity index (χ0n) is 5.73. The van der Waals surface area contributed by atoms with Crippen LogP contribution in [0, 0.1) is 11.3 Å². The molecule has 1 aliphatic carbocycles. The minimum atomic E-state index is 0.793. The van der Waals surface area contributed by atoms with Crippen LogP contribution in [0.3, 0.4) is 0 Å². The Morgan fingerprint density at radius 1 is 1.56 bits per heavy atom. The summed E-state index contributed by atoms with van der Waals surface area (Å²) in [6.45, 7) is 5.11. The predicted octanol–water partition coefficient (Wildman–Crippen LogP) is 2.07. The molecule has 0 aromatic heterocycles. The summed E-state index contributed by atoms with van der Waals surface area (Å²) in [4.78, 5) is 0. The molecule has 0 aromatic carbocycles. The summed E-state index contributed by atoms with van der Waals surface area (Å²) >= 11 is 2.42. The summed E-state index contributed by atoms with van der Waals surface area (Å²) in [5.74, 6) is 1.02. The average molecular weight is 237 g/mol. The van der Waals surface area contributed by atoms with Gasteiger partial charge >= 0.3 is 0 Å². The van der Waals surface area contributed by atoms with Crippen LogP contribution in [0.4, 0.5) is 0 Å². The fourth-order valence-corrected chi connectivity index (χ4v) is 3.31. The van der Waals surface area contributed by atoms with Crippen LogP contribution in [0.15, 0.2) is 0 Å². The van der Waals surface area contributed by atoms with Crippen molar-refractivity contribution >= 4 is 22.9 Å². The smallest absolute Gasteiger partial charge is 0.0201 e. The summed E-state index contributed by atoms with van der Waals surface area (Å²) in [5.41, 5.74) is 0.793. The molecule has 1 spiro atoms. The highest BCUT2D eigenvalue weighted by molar-refractivity contribution is 14.1. The van der Waals surface area contributed by atoms with Crippen LogP contribution < -0.4 is 0 Å². The van der Waals surface area contributed by atoms with Crippen molar-refractivity contribution in [3.63, 3.8) is 0 Å². The van der Waals surface area contributed by atoms with E-state index < -0.39 is 0 Å². The van der Waals surface area contributed by atoms with E-state index in [0.29, 0.717) is 0 Å². The SMILES string of the molecule is CC1CCC12CN(I)C2. The second kappa shape index (κ2) is 1.84. The topological polar surface area (TPSA) is 3.24 Å². The monoisotopic (exact) mass is 237 g/mol. The highest BCUT2D eigenvalue weighted by Gasteiger charge is 2.51. The Morgan fingerprint density at radius 3 is 2.33 bits per heavy atom. The summed E-state index contributed by atoms with van der Waals surface area (Å²) in [6, 6.07) is 0. The van der Waals surface area contributed by atoms with Gasteiger partial charge < -0.3 is 0 Å². The maximum Gasteiger partial charge on any atom is 0.0201 e. The van der Waals surface area contributed by atoms with Crippen LogP contribution in [0.2, 0.25) is 0 Å². The fraction of sp³-hybridized carbons (Fsp3) is 1.00. The molecule has 0 bridgehead atoms. The van der Waals surface area contributed by atoms with Crippen LogP contribution in [0.25, 0.3) is 0 Å². The van der Waals surface area contributed by atoms with E-state index in [1.807, 2.05) is 0 Å². The molecule has 1 saturated carbocycles. The number of hydrogen-bond donors (Lipinski definition) is 0. The average Bonchev–Trinajstić information content (AvgIpc) is 1.77. The van der Waals surface area contributed by atoms with Gasteiger partial charge in [0, 0.05) is 36.0 Å². The van der Waals surface area contributed by atoms with Crippen molar-refractivity contribution in [1.82, 2.24) is 3.11 Å². The molecule has 1 heterocycles. The standard InChI is InChI=1S/C7H12IN/c1-6-2-3-7(6)4-9(8)5-7/h6H,2-5H2,1H3. The molecule has 0 N–H and O–H groups in total. The maximum absolute atomic E-state index is 2.42. The van der Waals surface area contributed by atoms with Crippen LogP contribution >= 0.6 is 22.9 Å². The zero-order chi connectivity index (χ0) is 6.48. The van der Waals surface area contributed by atoms with Gasteiger partial charge in [0.15, 0.2) is 0 Å². The van der Waals surface area contributed by atoms with E-state index in [-0.39, 0.29) is 0 Å². The van der Waals surface area contributed by atoms with Gasteiger partial charge in [-0.15, -0.1) is 0 Å². The van der Waals surface area contributed by atoms with E-state index in [9.17, 15) is 0 Å². The Labute approximate surface area is 70.3 Å². The molecule has 0 aromatic rings. The molecule has 1 atom stereocenters. The molecule has 1 aliphatic heterocycles. The van der Waals surface area contributed by atoms with Gasteiger partial charge in [0.25, 0.3) is 0 Å². The number of hydrogen-bond acceptors (Lipinski definition) is 1. The first-order chi connectivity index (χ1) is 4.23. The van der Waals surface area contributed by atoms with E-state index >= 15 is 0 Å². The van der Waals surface area contributed by atoms with Gasteiger partial charge in [0.1, 0.15) is 0 Å². The third-order valence-corrected chi connectivity index (χ3v) is 3.78. The van der Waals surface area contributed by atoms with Crippen molar-refractivity contribution in [2.24, 2.45) is 11.3 Å². The van der Waals surface area contributed by atoms with Gasteiger partial charge in [-0.05, 0) is 24.2 Å². The van der Waals surface area contributed by atoms with Crippen molar-refractivity contribution < 1.29 is 0 Å². The molecule has 0 amide bonds. The van der Waals surface area contributed by atoms with Crippen LogP contribution in [0.5, 0.6) is 0 Å². The van der Waals surface area contributed by atoms with Crippen molar-refractivity contribution in [3.8, 4) is 0 Å². The molecule has 2 heteroatoms. The van der Waals surface area contributed by atoms with Crippen molar-refractivity contribution in [2.75, 3.05) is 13.1 Å². The first kappa shape index (κ1) is 6.40. The van der Waals surface area contributed by atoms with Gasteiger partial charge in [-0.2, -0.15) is 0 Å². The Hall–Kier alpha value is 0.690. The molecule has 1 unspecified atom stereocenters. The summed E-state index contributed by atoms with van der Waals surface area (Å²) in [7, 11) is 0. The third-order valence-electron chi connectivity index (χ3n) is 3.09. The molecule has 52 valence electrons. The van der Waals surface area contributed by atoms with Crippen molar-refractivity contribution in [2.45, 2.75) is 19.8 Å². The molecule has 0 radical (unpaired) electrons. The van der Waals surface area contributed by atoms with E-state index in [1.165, 1.54) is 25.9 Å². The van der Waals surface area contributed by atoms with Gasteiger partial charge in [-0.1, -0.05) is 6.92 Å². The van der Waals surface area contributed by atoms with Crippen LogP contribution in [-0.2, 0) is 0 Å². The Morgan fingerprint density at radius 2 is 2.22 bits per heavy atom.